The van der Waals surface area contributed by atoms with E-state index in [2.05, 4.69) is 21.2 Å². The highest BCUT2D eigenvalue weighted by molar-refractivity contribution is 9.10. The first kappa shape index (κ1) is 13.1. The van der Waals surface area contributed by atoms with Crippen molar-refractivity contribution in [2.24, 2.45) is 0 Å². The quantitative estimate of drug-likeness (QED) is 0.667. The van der Waals surface area contributed by atoms with E-state index in [0.717, 1.165) is 17.5 Å². The molecule has 0 aromatic heterocycles. The Labute approximate surface area is 113 Å². The van der Waals surface area contributed by atoms with Crippen LogP contribution in [0.3, 0.4) is 0 Å². The van der Waals surface area contributed by atoms with Crippen molar-refractivity contribution in [3.63, 3.8) is 0 Å². The number of rotatable bonds is 5. The van der Waals surface area contributed by atoms with Crippen LogP contribution in [0.1, 0.15) is 6.42 Å². The number of ether oxygens (including phenoxy) is 2. The summed E-state index contributed by atoms with van der Waals surface area (Å²) in [6, 6.07) is 3.24. The molecule has 0 spiro atoms. The monoisotopic (exact) mass is 316 g/mol. The Morgan fingerprint density at radius 3 is 2.89 bits per heavy atom. The minimum Gasteiger partial charge on any atom is -0.490 e. The van der Waals surface area contributed by atoms with Crippen molar-refractivity contribution in [2.45, 2.75) is 12.5 Å². The summed E-state index contributed by atoms with van der Waals surface area (Å²) in [7, 11) is 1.41. The maximum Gasteiger partial charge on any atom is 0.333 e. The molecule has 1 aliphatic heterocycles. The molecule has 1 N–H and O–H groups in total. The predicted molar refractivity (Wildman–Crippen MR) is 70.2 cm³/mol. The second kappa shape index (κ2) is 5.53. The Hall–Kier alpha value is -1.34. The van der Waals surface area contributed by atoms with E-state index in [-0.39, 0.29) is 17.5 Å². The fraction of sp³-hybridized carbons (Fsp3) is 0.455. The maximum absolute atomic E-state index is 11.1. The van der Waals surface area contributed by atoms with Gasteiger partial charge in [-0.15, -0.1) is 0 Å². The van der Waals surface area contributed by atoms with Crippen molar-refractivity contribution in [3.8, 4) is 5.75 Å². The topological polar surface area (TPSA) is 73.6 Å². The molecule has 18 heavy (non-hydrogen) atoms. The zero-order valence-corrected chi connectivity index (χ0v) is 11.4. The zero-order valence-electron chi connectivity index (χ0n) is 9.81. The Bertz CT molecular complexity index is 463. The van der Waals surface area contributed by atoms with E-state index < -0.39 is 4.92 Å². The largest absolute Gasteiger partial charge is 0.490 e. The number of nitro benzene ring substituents is 1. The van der Waals surface area contributed by atoms with Crippen LogP contribution < -0.4 is 10.1 Å². The van der Waals surface area contributed by atoms with Gasteiger partial charge in [0.2, 0.25) is 0 Å². The smallest absolute Gasteiger partial charge is 0.333 e. The van der Waals surface area contributed by atoms with Crippen molar-refractivity contribution in [3.05, 3.63) is 26.7 Å². The normalized spacial score (nSPS) is 18.0. The van der Waals surface area contributed by atoms with Gasteiger partial charge in [-0.05, 0) is 12.5 Å². The first-order valence-electron chi connectivity index (χ1n) is 5.49. The van der Waals surface area contributed by atoms with Crippen LogP contribution >= 0.6 is 15.9 Å². The van der Waals surface area contributed by atoms with Crippen LogP contribution in [-0.2, 0) is 4.74 Å². The molecule has 1 atom stereocenters. The molecule has 1 saturated heterocycles. The van der Waals surface area contributed by atoms with E-state index >= 15 is 0 Å². The molecular formula is C11H13BrN2O4. The summed E-state index contributed by atoms with van der Waals surface area (Å²) in [5.74, 6) is 0.228. The third kappa shape index (κ3) is 2.73. The second-order valence-corrected chi connectivity index (χ2v) is 4.84. The molecule has 98 valence electrons. The Balaban J connectivity index is 2.24. The first-order chi connectivity index (χ1) is 8.61. The van der Waals surface area contributed by atoms with Crippen molar-refractivity contribution in [1.29, 1.82) is 0 Å². The van der Waals surface area contributed by atoms with Crippen molar-refractivity contribution >= 4 is 27.3 Å². The molecule has 1 heterocycles. The molecule has 0 saturated carbocycles. The number of benzene rings is 1. The number of anilines is 1. The lowest BCUT2D eigenvalue weighted by molar-refractivity contribution is -0.384. The summed E-state index contributed by atoms with van der Waals surface area (Å²) in [4.78, 5) is 10.6. The summed E-state index contributed by atoms with van der Waals surface area (Å²) < 4.78 is 11.0. The summed E-state index contributed by atoms with van der Waals surface area (Å²) in [5.41, 5.74) is 0.377. The molecule has 0 aliphatic carbocycles. The third-order valence-electron chi connectivity index (χ3n) is 2.76. The standard InChI is InChI=1S/C11H13BrN2O4/c1-17-10-5-7(12)4-9(11(10)14(15)16)13-6-8-2-3-18-8/h4-5,8,13H,2-3,6H2,1H3/t8-/m0/s1. The highest BCUT2D eigenvalue weighted by atomic mass is 79.9. The molecule has 1 aromatic rings. The van der Waals surface area contributed by atoms with E-state index in [1.165, 1.54) is 7.11 Å². The van der Waals surface area contributed by atoms with Crippen LogP contribution in [0.5, 0.6) is 5.75 Å². The van der Waals surface area contributed by atoms with Gasteiger partial charge < -0.3 is 14.8 Å². The number of methoxy groups -OCH3 is 1. The Kier molecular flexibility index (Phi) is 4.03. The van der Waals surface area contributed by atoms with E-state index in [1.54, 1.807) is 12.1 Å². The molecule has 0 radical (unpaired) electrons. The summed E-state index contributed by atoms with van der Waals surface area (Å²) in [6.07, 6.45) is 1.11. The van der Waals surface area contributed by atoms with Crippen LogP contribution in [0, 0.1) is 10.1 Å². The van der Waals surface area contributed by atoms with Gasteiger partial charge in [0.15, 0.2) is 5.75 Å². The molecule has 2 rings (SSSR count). The average molecular weight is 317 g/mol. The van der Waals surface area contributed by atoms with Gasteiger partial charge in [0.1, 0.15) is 5.69 Å². The molecule has 0 bridgehead atoms. The highest BCUT2D eigenvalue weighted by Crippen LogP contribution is 2.38. The maximum atomic E-state index is 11.1. The van der Waals surface area contributed by atoms with Gasteiger partial charge in [0, 0.05) is 23.7 Å². The van der Waals surface area contributed by atoms with E-state index in [9.17, 15) is 10.1 Å². The molecule has 7 heteroatoms. The number of nitrogens with one attached hydrogen (secondary N) is 1. The molecule has 0 unspecified atom stereocenters. The number of halogens is 1. The van der Waals surface area contributed by atoms with Gasteiger partial charge in [-0.2, -0.15) is 0 Å². The van der Waals surface area contributed by atoms with Crippen LogP contribution in [0.2, 0.25) is 0 Å². The van der Waals surface area contributed by atoms with Crippen molar-refractivity contribution in [2.75, 3.05) is 25.6 Å². The van der Waals surface area contributed by atoms with Crippen LogP contribution in [0.25, 0.3) is 0 Å². The lowest BCUT2D eigenvalue weighted by Gasteiger charge is -2.26. The lowest BCUT2D eigenvalue weighted by atomic mass is 10.2. The van der Waals surface area contributed by atoms with Crippen molar-refractivity contribution in [1.82, 2.24) is 0 Å². The molecule has 0 amide bonds. The fourth-order valence-electron chi connectivity index (χ4n) is 1.72. The Morgan fingerprint density at radius 2 is 2.39 bits per heavy atom. The number of nitro groups is 1. The van der Waals surface area contributed by atoms with Gasteiger partial charge in [-0.3, -0.25) is 10.1 Å². The average Bonchev–Trinajstić information content (AvgIpc) is 2.25. The highest BCUT2D eigenvalue weighted by Gasteiger charge is 2.24. The summed E-state index contributed by atoms with van der Waals surface area (Å²) in [6.45, 7) is 1.32. The predicted octanol–water partition coefficient (Wildman–Crippen LogP) is 2.57. The van der Waals surface area contributed by atoms with E-state index in [0.29, 0.717) is 12.2 Å². The molecule has 1 fully saturated rings. The SMILES string of the molecule is COc1cc(Br)cc(NC[C@@H]2CCO2)c1[N+](=O)[O-]. The summed E-state index contributed by atoms with van der Waals surface area (Å²) >= 11 is 3.30. The van der Waals surface area contributed by atoms with Gasteiger partial charge in [0.25, 0.3) is 0 Å². The molecular weight excluding hydrogens is 304 g/mol. The number of hydrogen-bond acceptors (Lipinski definition) is 5. The fourth-order valence-corrected chi connectivity index (χ4v) is 2.16. The van der Waals surface area contributed by atoms with Crippen molar-refractivity contribution < 1.29 is 14.4 Å². The van der Waals surface area contributed by atoms with Gasteiger partial charge in [0.05, 0.1) is 18.1 Å². The lowest BCUT2D eigenvalue weighted by Crippen LogP contribution is -2.33. The molecule has 1 aliphatic rings. The number of hydrogen-bond donors (Lipinski definition) is 1. The van der Waals surface area contributed by atoms with Gasteiger partial charge in [-0.1, -0.05) is 15.9 Å². The first-order valence-corrected chi connectivity index (χ1v) is 6.28. The minimum atomic E-state index is -0.449. The minimum absolute atomic E-state index is 0.0555. The number of nitrogens with zero attached hydrogens (tertiary/aromatic N) is 1. The molecule has 1 aromatic carbocycles. The van der Waals surface area contributed by atoms with Crippen LogP contribution in [0.15, 0.2) is 16.6 Å². The second-order valence-electron chi connectivity index (χ2n) is 3.92. The zero-order chi connectivity index (χ0) is 13.1. The van der Waals surface area contributed by atoms with E-state index in [1.807, 2.05) is 0 Å². The van der Waals surface area contributed by atoms with Gasteiger partial charge in [-0.25, -0.2) is 0 Å². The Morgan fingerprint density at radius 1 is 1.67 bits per heavy atom. The van der Waals surface area contributed by atoms with Crippen LogP contribution in [0.4, 0.5) is 11.4 Å². The molecule has 6 nitrogen and oxygen atoms in total. The van der Waals surface area contributed by atoms with Crippen LogP contribution in [-0.4, -0.2) is 31.3 Å². The van der Waals surface area contributed by atoms with Gasteiger partial charge >= 0.3 is 5.69 Å². The van der Waals surface area contributed by atoms with E-state index in [4.69, 9.17) is 9.47 Å². The summed E-state index contributed by atoms with van der Waals surface area (Å²) in [5, 5.41) is 14.1. The third-order valence-corrected chi connectivity index (χ3v) is 3.21.